The molecular weight excluding hydrogens is 394 g/mol. The minimum atomic E-state index is -0.195. The highest BCUT2D eigenvalue weighted by atomic mass is 16.3. The molecule has 8 nitrogen and oxygen atoms in total. The van der Waals surface area contributed by atoms with Gasteiger partial charge < -0.3 is 14.6 Å². The van der Waals surface area contributed by atoms with Gasteiger partial charge in [-0.15, -0.1) is 0 Å². The third-order valence-electron chi connectivity index (χ3n) is 6.59. The smallest absolute Gasteiger partial charge is 0.287 e. The third kappa shape index (κ3) is 3.94. The van der Waals surface area contributed by atoms with Gasteiger partial charge in [-0.1, -0.05) is 0 Å². The largest absolute Gasteiger partial charge is 0.449 e. The Balaban J connectivity index is 1.09. The van der Waals surface area contributed by atoms with Crippen LogP contribution in [-0.2, 0) is 12.8 Å². The second-order valence-electron chi connectivity index (χ2n) is 8.55. The Hall–Kier alpha value is -3.16. The maximum absolute atomic E-state index is 12.9. The first-order chi connectivity index (χ1) is 15.1. The van der Waals surface area contributed by atoms with Gasteiger partial charge >= 0.3 is 0 Å². The molecule has 3 heterocycles. The van der Waals surface area contributed by atoms with E-state index in [9.17, 15) is 9.59 Å². The molecule has 2 N–H and O–H groups in total. The van der Waals surface area contributed by atoms with E-state index in [1.165, 1.54) is 0 Å². The Kier molecular flexibility index (Phi) is 5.21. The molecule has 5 rings (SSSR count). The molecule has 3 aromatic heterocycles. The molecule has 0 radical (unpaired) electrons. The standard InChI is InChI=1S/C23H27N5O3/c1-2-28(23(30)21-17-4-3-5-18(17)26-27-21)9-7-14-10-16(14)12-25-22(29)19-11-15-6-8-24-13-20(15)31-19/h6,8,11,13-14,16H,2-5,7,9-10,12H2,1H3,(H,25,29)(H,26,27). The van der Waals surface area contributed by atoms with Crippen molar-refractivity contribution in [3.63, 3.8) is 0 Å². The van der Waals surface area contributed by atoms with Crippen LogP contribution in [0.25, 0.3) is 11.0 Å². The zero-order valence-electron chi connectivity index (χ0n) is 17.7. The zero-order valence-corrected chi connectivity index (χ0v) is 17.7. The van der Waals surface area contributed by atoms with Crippen molar-refractivity contribution in [2.75, 3.05) is 19.6 Å². The number of furan rings is 1. The highest BCUT2D eigenvalue weighted by Gasteiger charge is 2.37. The number of aromatic amines is 1. The summed E-state index contributed by atoms with van der Waals surface area (Å²) in [6.45, 7) is 4.04. The lowest BCUT2D eigenvalue weighted by Gasteiger charge is -2.20. The number of aromatic nitrogens is 3. The molecule has 31 heavy (non-hydrogen) atoms. The number of nitrogens with zero attached hydrogens (tertiary/aromatic N) is 3. The normalized spacial score (nSPS) is 19.4. The van der Waals surface area contributed by atoms with Crippen LogP contribution in [0.2, 0.25) is 0 Å². The summed E-state index contributed by atoms with van der Waals surface area (Å²) in [6.07, 6.45) is 8.34. The van der Waals surface area contributed by atoms with E-state index in [4.69, 9.17) is 4.42 Å². The SMILES string of the molecule is CCN(CCC1CC1CNC(=O)c1cc2ccncc2o1)C(=O)c1n[nH]c2c1CCC2. The van der Waals surface area contributed by atoms with E-state index in [1.807, 2.05) is 17.9 Å². The third-order valence-corrected chi connectivity index (χ3v) is 6.59. The molecule has 0 saturated heterocycles. The summed E-state index contributed by atoms with van der Waals surface area (Å²) in [6, 6.07) is 3.57. The summed E-state index contributed by atoms with van der Waals surface area (Å²) in [5.74, 6) is 1.14. The molecule has 2 amide bonds. The molecule has 162 valence electrons. The van der Waals surface area contributed by atoms with Gasteiger partial charge in [0.1, 0.15) is 0 Å². The molecule has 2 aliphatic carbocycles. The van der Waals surface area contributed by atoms with E-state index in [1.54, 1.807) is 18.5 Å². The van der Waals surface area contributed by atoms with Crippen molar-refractivity contribution in [1.82, 2.24) is 25.4 Å². The summed E-state index contributed by atoms with van der Waals surface area (Å²) in [5, 5.41) is 11.2. The summed E-state index contributed by atoms with van der Waals surface area (Å²) in [4.78, 5) is 31.2. The molecule has 2 aliphatic rings. The van der Waals surface area contributed by atoms with E-state index in [2.05, 4.69) is 20.5 Å². The van der Waals surface area contributed by atoms with Crippen molar-refractivity contribution in [1.29, 1.82) is 0 Å². The molecule has 0 bridgehead atoms. The Morgan fingerprint density at radius 3 is 3.06 bits per heavy atom. The Morgan fingerprint density at radius 2 is 2.23 bits per heavy atom. The van der Waals surface area contributed by atoms with Crippen LogP contribution in [0.1, 0.15) is 58.5 Å². The Bertz CT molecular complexity index is 1080. The zero-order chi connectivity index (χ0) is 21.4. The van der Waals surface area contributed by atoms with E-state index >= 15 is 0 Å². The van der Waals surface area contributed by atoms with E-state index < -0.39 is 0 Å². The molecular formula is C23H27N5O3. The van der Waals surface area contributed by atoms with Gasteiger partial charge in [0.25, 0.3) is 11.8 Å². The number of amides is 2. The number of nitrogens with one attached hydrogen (secondary N) is 2. The molecule has 0 aromatic carbocycles. The maximum atomic E-state index is 12.9. The summed E-state index contributed by atoms with van der Waals surface area (Å²) in [5.41, 5.74) is 3.45. The fourth-order valence-corrected chi connectivity index (χ4v) is 4.59. The number of H-pyrrole nitrogens is 1. The van der Waals surface area contributed by atoms with Crippen molar-refractivity contribution in [3.8, 4) is 0 Å². The molecule has 0 spiro atoms. The lowest BCUT2D eigenvalue weighted by molar-refractivity contribution is 0.0752. The topological polar surface area (TPSA) is 104 Å². The van der Waals surface area contributed by atoms with Crippen LogP contribution >= 0.6 is 0 Å². The van der Waals surface area contributed by atoms with Gasteiger partial charge in [0, 0.05) is 42.5 Å². The number of pyridine rings is 1. The predicted molar refractivity (Wildman–Crippen MR) is 115 cm³/mol. The minimum absolute atomic E-state index is 0.0341. The summed E-state index contributed by atoms with van der Waals surface area (Å²) >= 11 is 0. The van der Waals surface area contributed by atoms with Gasteiger partial charge in [-0.3, -0.25) is 19.7 Å². The van der Waals surface area contributed by atoms with Gasteiger partial charge in [-0.2, -0.15) is 5.10 Å². The molecule has 2 unspecified atom stereocenters. The number of hydrogen-bond acceptors (Lipinski definition) is 5. The number of carbonyl (C=O) groups is 2. The summed E-state index contributed by atoms with van der Waals surface area (Å²) in [7, 11) is 0. The van der Waals surface area contributed by atoms with Crippen LogP contribution in [0.3, 0.4) is 0 Å². The van der Waals surface area contributed by atoms with Crippen molar-refractivity contribution in [2.24, 2.45) is 11.8 Å². The fraction of sp³-hybridized carbons (Fsp3) is 0.478. The second-order valence-corrected chi connectivity index (χ2v) is 8.55. The monoisotopic (exact) mass is 421 g/mol. The molecule has 3 aromatic rings. The predicted octanol–water partition coefficient (Wildman–Crippen LogP) is 2.96. The van der Waals surface area contributed by atoms with Gasteiger partial charge in [0.15, 0.2) is 17.0 Å². The first kappa shape index (κ1) is 19.8. The maximum Gasteiger partial charge on any atom is 0.287 e. The summed E-state index contributed by atoms with van der Waals surface area (Å²) < 4.78 is 5.57. The molecule has 1 fully saturated rings. The van der Waals surface area contributed by atoms with Crippen LogP contribution in [0.15, 0.2) is 28.9 Å². The first-order valence-electron chi connectivity index (χ1n) is 11.1. The lowest BCUT2D eigenvalue weighted by atomic mass is 10.1. The van der Waals surface area contributed by atoms with Crippen molar-refractivity contribution in [3.05, 3.63) is 47.2 Å². The Labute approximate surface area is 180 Å². The lowest BCUT2D eigenvalue weighted by Crippen LogP contribution is -2.33. The number of aryl methyl sites for hydroxylation is 1. The van der Waals surface area contributed by atoms with Gasteiger partial charge in [0.05, 0.1) is 6.20 Å². The number of fused-ring (bicyclic) bond motifs is 2. The fourth-order valence-electron chi connectivity index (χ4n) is 4.59. The van der Waals surface area contributed by atoms with Crippen LogP contribution in [-0.4, -0.2) is 51.5 Å². The van der Waals surface area contributed by atoms with E-state index in [-0.39, 0.29) is 11.8 Å². The van der Waals surface area contributed by atoms with Gasteiger partial charge in [-0.25, -0.2) is 0 Å². The number of hydrogen-bond donors (Lipinski definition) is 2. The van der Waals surface area contributed by atoms with Crippen molar-refractivity contribution < 1.29 is 14.0 Å². The van der Waals surface area contributed by atoms with Crippen molar-refractivity contribution >= 4 is 22.8 Å². The molecule has 1 saturated carbocycles. The van der Waals surface area contributed by atoms with E-state index in [0.717, 1.165) is 55.3 Å². The van der Waals surface area contributed by atoms with Crippen LogP contribution < -0.4 is 5.32 Å². The highest BCUT2D eigenvalue weighted by molar-refractivity contribution is 5.96. The first-order valence-corrected chi connectivity index (χ1v) is 11.1. The molecule has 8 heteroatoms. The quantitative estimate of drug-likeness (QED) is 0.582. The Morgan fingerprint density at radius 1 is 1.32 bits per heavy atom. The minimum Gasteiger partial charge on any atom is -0.449 e. The van der Waals surface area contributed by atoms with Gasteiger partial charge in [0.2, 0.25) is 0 Å². The second kappa shape index (κ2) is 8.17. The number of rotatable bonds is 8. The van der Waals surface area contributed by atoms with Crippen LogP contribution in [0.4, 0.5) is 0 Å². The van der Waals surface area contributed by atoms with Gasteiger partial charge in [-0.05, 0) is 63.0 Å². The van der Waals surface area contributed by atoms with Crippen molar-refractivity contribution in [2.45, 2.75) is 39.0 Å². The highest BCUT2D eigenvalue weighted by Crippen LogP contribution is 2.41. The number of carbonyl (C=O) groups excluding carboxylic acids is 2. The average Bonchev–Trinajstić information content (AvgIpc) is 3.14. The van der Waals surface area contributed by atoms with Crippen LogP contribution in [0.5, 0.6) is 0 Å². The molecule has 2 atom stereocenters. The molecule has 0 aliphatic heterocycles. The average molecular weight is 422 g/mol. The van der Waals surface area contributed by atoms with E-state index in [0.29, 0.717) is 42.0 Å². The van der Waals surface area contributed by atoms with Crippen LogP contribution in [0, 0.1) is 11.8 Å².